The number of phenols is 1. The standard InChI is InChI=1S/C27H25N3O6S2/c1-30(2)13-8-9-14(31)17-23(34)18-15(38-25(13)17)10-12-16(21(18)32)22(33)19(26(28)36)24(35)20(12)29-27(37)11-6-4-3-5-7-11/h3-9,12,15-16,20,31,33-34H,10H2,1-2H3,(H2,28,36)(H,29,37). The van der Waals surface area contributed by atoms with Crippen molar-refractivity contribution in [3.8, 4) is 5.75 Å². The van der Waals surface area contributed by atoms with E-state index in [1.807, 2.05) is 25.1 Å². The quantitative estimate of drug-likeness (QED) is 0.283. The number of ketones is 2. The molecule has 0 bridgehead atoms. The molecule has 0 saturated heterocycles. The van der Waals surface area contributed by atoms with Crippen molar-refractivity contribution in [2.45, 2.75) is 22.6 Å². The summed E-state index contributed by atoms with van der Waals surface area (Å²) in [5.41, 5.74) is 6.32. The second-order valence-electron chi connectivity index (χ2n) is 9.62. The Kier molecular flexibility index (Phi) is 6.44. The number of aromatic hydroxyl groups is 1. The maximum Gasteiger partial charge on any atom is 0.255 e. The number of hydrogen-bond donors (Lipinski definition) is 5. The molecule has 11 heteroatoms. The van der Waals surface area contributed by atoms with Gasteiger partial charge in [0.05, 0.1) is 28.8 Å². The minimum absolute atomic E-state index is 0.0176. The summed E-state index contributed by atoms with van der Waals surface area (Å²) >= 11 is 6.82. The number of hydrogen-bond acceptors (Lipinski definition) is 9. The highest BCUT2D eigenvalue weighted by molar-refractivity contribution is 8.00. The van der Waals surface area contributed by atoms with Gasteiger partial charge in [0, 0.05) is 35.7 Å². The third-order valence-corrected chi connectivity index (χ3v) is 8.92. The van der Waals surface area contributed by atoms with Gasteiger partial charge in [-0.05, 0) is 18.6 Å². The fraction of sp³-hybridized carbons (Fsp3) is 0.259. The van der Waals surface area contributed by atoms with Crippen molar-refractivity contribution >= 4 is 57.9 Å². The number of benzene rings is 2. The lowest BCUT2D eigenvalue weighted by Crippen LogP contribution is -2.57. The highest BCUT2D eigenvalue weighted by Crippen LogP contribution is 2.55. The Morgan fingerprint density at radius 2 is 1.76 bits per heavy atom. The van der Waals surface area contributed by atoms with Gasteiger partial charge in [0.15, 0.2) is 11.6 Å². The number of thiocarbonyl (C=S) groups is 1. The molecule has 196 valence electrons. The lowest BCUT2D eigenvalue weighted by atomic mass is 9.65. The number of allylic oxidation sites excluding steroid dienone is 1. The molecule has 1 amide bonds. The van der Waals surface area contributed by atoms with Gasteiger partial charge >= 0.3 is 0 Å². The Bertz CT molecular complexity index is 1470. The lowest BCUT2D eigenvalue weighted by Gasteiger charge is -2.44. The van der Waals surface area contributed by atoms with E-state index in [9.17, 15) is 29.7 Å². The van der Waals surface area contributed by atoms with Crippen LogP contribution in [0.1, 0.15) is 17.5 Å². The van der Waals surface area contributed by atoms with Crippen molar-refractivity contribution in [3.63, 3.8) is 0 Å². The molecule has 0 radical (unpaired) electrons. The first-order valence-corrected chi connectivity index (χ1v) is 13.1. The average molecular weight is 552 g/mol. The Balaban J connectivity index is 1.63. The number of nitrogens with two attached hydrogens (primary N) is 1. The number of phenolic OH excluding ortho intramolecular Hbond substituents is 1. The van der Waals surface area contributed by atoms with E-state index >= 15 is 0 Å². The number of aliphatic hydroxyl groups excluding tert-OH is 2. The highest BCUT2D eigenvalue weighted by atomic mass is 32.2. The van der Waals surface area contributed by atoms with Crippen LogP contribution in [-0.4, -0.2) is 63.2 Å². The summed E-state index contributed by atoms with van der Waals surface area (Å²) in [4.78, 5) is 42.2. The summed E-state index contributed by atoms with van der Waals surface area (Å²) in [6.07, 6.45) is 0.194. The first-order chi connectivity index (χ1) is 18.0. The van der Waals surface area contributed by atoms with Crippen molar-refractivity contribution < 1.29 is 29.7 Å². The second-order valence-corrected chi connectivity index (χ2v) is 11.2. The monoisotopic (exact) mass is 551 g/mol. The average Bonchev–Trinajstić information content (AvgIpc) is 2.86. The summed E-state index contributed by atoms with van der Waals surface area (Å²) in [7, 11) is 3.65. The molecule has 3 aliphatic rings. The lowest BCUT2D eigenvalue weighted by molar-refractivity contribution is -0.128. The van der Waals surface area contributed by atoms with Crippen LogP contribution in [0.4, 0.5) is 5.69 Å². The molecule has 0 spiro atoms. The van der Waals surface area contributed by atoms with E-state index in [0.29, 0.717) is 10.5 Å². The van der Waals surface area contributed by atoms with Crippen LogP contribution < -0.4 is 16.0 Å². The number of rotatable bonds is 4. The van der Waals surface area contributed by atoms with Crippen LogP contribution in [0.15, 0.2) is 64.3 Å². The molecule has 2 aromatic rings. The van der Waals surface area contributed by atoms with E-state index in [2.05, 4.69) is 5.32 Å². The van der Waals surface area contributed by atoms with Gasteiger partial charge < -0.3 is 31.3 Å². The molecule has 1 aliphatic heterocycles. The van der Waals surface area contributed by atoms with Gasteiger partial charge in [0.25, 0.3) is 5.91 Å². The van der Waals surface area contributed by atoms with Gasteiger partial charge in [-0.3, -0.25) is 14.4 Å². The molecule has 6 N–H and O–H groups in total. The molecular weight excluding hydrogens is 526 g/mol. The van der Waals surface area contributed by atoms with E-state index < -0.39 is 51.9 Å². The topological polar surface area (TPSA) is 153 Å². The zero-order valence-corrected chi connectivity index (χ0v) is 22.1. The molecule has 1 fully saturated rings. The molecule has 38 heavy (non-hydrogen) atoms. The maximum absolute atomic E-state index is 13.9. The Morgan fingerprint density at radius 3 is 2.39 bits per heavy atom. The number of nitrogens with one attached hydrogen (secondary N) is 1. The number of Topliss-reactive ketones (excluding diaryl/α,β-unsaturated/α-hetero) is 2. The predicted octanol–water partition coefficient (Wildman–Crippen LogP) is 2.62. The number of primary amides is 1. The highest BCUT2D eigenvalue weighted by Gasteiger charge is 2.55. The molecule has 2 aliphatic carbocycles. The van der Waals surface area contributed by atoms with Crippen LogP contribution in [0.25, 0.3) is 5.76 Å². The van der Waals surface area contributed by atoms with Gasteiger partial charge in [0.2, 0.25) is 0 Å². The van der Waals surface area contributed by atoms with Crippen LogP contribution in [0.3, 0.4) is 0 Å². The largest absolute Gasteiger partial charge is 0.511 e. The third kappa shape index (κ3) is 3.93. The summed E-state index contributed by atoms with van der Waals surface area (Å²) in [6.45, 7) is 0. The van der Waals surface area contributed by atoms with Crippen molar-refractivity contribution in [3.05, 3.63) is 70.5 Å². The number of carbonyl (C=O) groups excluding carboxylic acids is 3. The van der Waals surface area contributed by atoms with Gasteiger partial charge in [0.1, 0.15) is 27.8 Å². The number of fused-ring (bicyclic) bond motifs is 3. The predicted molar refractivity (Wildman–Crippen MR) is 147 cm³/mol. The van der Waals surface area contributed by atoms with Gasteiger partial charge in [-0.15, -0.1) is 11.8 Å². The molecular formula is C27H25N3O6S2. The van der Waals surface area contributed by atoms with Crippen LogP contribution in [0.2, 0.25) is 0 Å². The summed E-state index contributed by atoms with van der Waals surface area (Å²) in [6, 6.07) is 10.9. The summed E-state index contributed by atoms with van der Waals surface area (Å²) in [5.74, 6) is -5.92. The first-order valence-electron chi connectivity index (χ1n) is 11.8. The van der Waals surface area contributed by atoms with Crippen LogP contribution in [0, 0.1) is 11.8 Å². The van der Waals surface area contributed by atoms with Crippen molar-refractivity contribution in [1.29, 1.82) is 0 Å². The van der Waals surface area contributed by atoms with Crippen molar-refractivity contribution in [1.82, 2.24) is 5.32 Å². The van der Waals surface area contributed by atoms with E-state index in [-0.39, 0.29) is 34.1 Å². The molecule has 2 aromatic carbocycles. The van der Waals surface area contributed by atoms with E-state index in [4.69, 9.17) is 18.0 Å². The SMILES string of the molecule is CN(C)c1ccc(O)c2c1SC1CC3C(NC(=S)c4ccccc4)C(=O)C(C(N)=O)=C(O)C3C(=O)C1=C2O. The molecule has 0 aromatic heterocycles. The van der Waals surface area contributed by atoms with Gasteiger partial charge in [-0.2, -0.15) is 0 Å². The minimum atomic E-state index is -1.30. The van der Waals surface area contributed by atoms with E-state index in [0.717, 1.165) is 5.69 Å². The van der Waals surface area contributed by atoms with Crippen LogP contribution in [0.5, 0.6) is 5.75 Å². The number of nitrogens with zero attached hydrogens (tertiary/aromatic N) is 1. The summed E-state index contributed by atoms with van der Waals surface area (Å²) in [5, 5.41) is 35.2. The van der Waals surface area contributed by atoms with Crippen LogP contribution >= 0.6 is 24.0 Å². The second kappa shape index (κ2) is 9.48. The fourth-order valence-electron chi connectivity index (χ4n) is 5.46. The van der Waals surface area contributed by atoms with E-state index in [1.165, 1.54) is 17.8 Å². The van der Waals surface area contributed by atoms with E-state index in [1.54, 1.807) is 30.3 Å². The van der Waals surface area contributed by atoms with Crippen LogP contribution in [-0.2, 0) is 14.4 Å². The number of thioether (sulfide) groups is 1. The molecule has 1 saturated carbocycles. The molecule has 5 rings (SSSR count). The van der Waals surface area contributed by atoms with Gasteiger partial charge in [-0.25, -0.2) is 0 Å². The number of amides is 1. The maximum atomic E-state index is 13.9. The Labute approximate surface area is 228 Å². The number of carbonyl (C=O) groups is 3. The molecule has 4 unspecified atom stereocenters. The van der Waals surface area contributed by atoms with Gasteiger partial charge in [-0.1, -0.05) is 42.5 Å². The molecule has 1 heterocycles. The zero-order valence-electron chi connectivity index (χ0n) is 20.5. The fourth-order valence-corrected chi connectivity index (χ4v) is 7.36. The minimum Gasteiger partial charge on any atom is -0.511 e. The normalized spacial score (nSPS) is 24.4. The smallest absolute Gasteiger partial charge is 0.255 e. The molecule has 4 atom stereocenters. The Hall–Kier alpha value is -3.83. The number of aliphatic hydroxyl groups is 2. The van der Waals surface area contributed by atoms with Crippen molar-refractivity contribution in [2.75, 3.05) is 19.0 Å². The van der Waals surface area contributed by atoms with Crippen molar-refractivity contribution in [2.24, 2.45) is 17.6 Å². The number of anilines is 1. The molecule has 9 nitrogen and oxygen atoms in total. The first kappa shape index (κ1) is 25.8. The zero-order chi connectivity index (χ0) is 27.5. The third-order valence-electron chi connectivity index (χ3n) is 7.21. The Morgan fingerprint density at radius 1 is 1.08 bits per heavy atom. The summed E-state index contributed by atoms with van der Waals surface area (Å²) < 4.78 is 0.